The Bertz CT molecular complexity index is 390. The van der Waals surface area contributed by atoms with Crippen LogP contribution in [0.15, 0.2) is 0 Å². The second-order valence-corrected chi connectivity index (χ2v) is 5.89. The van der Waals surface area contributed by atoms with Crippen molar-refractivity contribution in [1.82, 2.24) is 16.0 Å². The Balaban J connectivity index is 2.31. The molecule has 0 radical (unpaired) electrons. The molecule has 0 aliphatic heterocycles. The third-order valence-corrected chi connectivity index (χ3v) is 3.58. The Labute approximate surface area is 124 Å². The van der Waals surface area contributed by atoms with Crippen LogP contribution in [0.1, 0.15) is 46.5 Å². The molecular formula is C14H25N3O4. The highest BCUT2D eigenvalue weighted by molar-refractivity contribution is 5.86. The molecule has 0 saturated heterocycles. The van der Waals surface area contributed by atoms with E-state index in [2.05, 4.69) is 16.0 Å². The molecule has 1 unspecified atom stereocenters. The van der Waals surface area contributed by atoms with Gasteiger partial charge in [0.1, 0.15) is 6.04 Å². The Hall–Kier alpha value is -1.79. The molecule has 0 aromatic carbocycles. The number of aliphatic carboxylic acids is 1. The van der Waals surface area contributed by atoms with Crippen molar-refractivity contribution in [3.05, 3.63) is 0 Å². The van der Waals surface area contributed by atoms with Crippen LogP contribution in [0.25, 0.3) is 0 Å². The lowest BCUT2D eigenvalue weighted by molar-refractivity contribution is -0.142. The zero-order chi connectivity index (χ0) is 16.0. The summed E-state index contributed by atoms with van der Waals surface area (Å²) in [5.74, 6) is -1.30. The SMILES string of the molecule is CC(C)NC(=O)C(C)NC(=O)NC1CCC(C(=O)O)CC1. The number of hydrogen-bond donors (Lipinski definition) is 4. The lowest BCUT2D eigenvalue weighted by Gasteiger charge is -2.27. The molecule has 21 heavy (non-hydrogen) atoms. The maximum Gasteiger partial charge on any atom is 0.315 e. The number of carboxylic acid groups (broad SMARTS) is 1. The van der Waals surface area contributed by atoms with Gasteiger partial charge in [0.05, 0.1) is 5.92 Å². The zero-order valence-corrected chi connectivity index (χ0v) is 12.8. The van der Waals surface area contributed by atoms with Gasteiger partial charge in [0.25, 0.3) is 0 Å². The van der Waals surface area contributed by atoms with Crippen LogP contribution in [0.4, 0.5) is 4.79 Å². The quantitative estimate of drug-likeness (QED) is 0.603. The molecule has 1 rings (SSSR count). The van der Waals surface area contributed by atoms with Gasteiger partial charge in [-0.3, -0.25) is 9.59 Å². The maximum atomic E-state index is 11.8. The highest BCUT2D eigenvalue weighted by atomic mass is 16.4. The Kier molecular flexibility index (Phi) is 6.45. The molecule has 1 aliphatic carbocycles. The van der Waals surface area contributed by atoms with Gasteiger partial charge in [-0.25, -0.2) is 4.79 Å². The van der Waals surface area contributed by atoms with Gasteiger partial charge in [-0.15, -0.1) is 0 Å². The highest BCUT2D eigenvalue weighted by Gasteiger charge is 2.27. The Morgan fingerprint density at radius 2 is 1.57 bits per heavy atom. The standard InChI is InChI=1S/C14H25N3O4/c1-8(2)15-12(18)9(3)16-14(21)17-11-6-4-10(5-7-11)13(19)20/h8-11H,4-7H2,1-3H3,(H,15,18)(H,19,20)(H2,16,17,21). The van der Waals surface area contributed by atoms with Gasteiger partial charge in [-0.1, -0.05) is 0 Å². The van der Waals surface area contributed by atoms with Crippen molar-refractivity contribution in [2.45, 2.75) is 64.6 Å². The molecule has 0 heterocycles. The van der Waals surface area contributed by atoms with E-state index in [1.54, 1.807) is 6.92 Å². The number of urea groups is 1. The number of nitrogens with one attached hydrogen (secondary N) is 3. The van der Waals surface area contributed by atoms with Crippen molar-refractivity contribution in [1.29, 1.82) is 0 Å². The molecule has 0 bridgehead atoms. The molecule has 3 amide bonds. The van der Waals surface area contributed by atoms with E-state index in [9.17, 15) is 14.4 Å². The van der Waals surface area contributed by atoms with Crippen LogP contribution in [0.5, 0.6) is 0 Å². The molecule has 1 fully saturated rings. The summed E-state index contributed by atoms with van der Waals surface area (Å²) in [5, 5.41) is 17.0. The van der Waals surface area contributed by atoms with E-state index in [4.69, 9.17) is 5.11 Å². The van der Waals surface area contributed by atoms with Gasteiger partial charge in [0.15, 0.2) is 0 Å². The van der Waals surface area contributed by atoms with E-state index in [0.29, 0.717) is 25.7 Å². The van der Waals surface area contributed by atoms with Gasteiger partial charge >= 0.3 is 12.0 Å². The smallest absolute Gasteiger partial charge is 0.315 e. The number of carbonyl (C=O) groups is 3. The van der Waals surface area contributed by atoms with Crippen molar-refractivity contribution >= 4 is 17.9 Å². The number of carbonyl (C=O) groups excluding carboxylic acids is 2. The largest absolute Gasteiger partial charge is 0.481 e. The summed E-state index contributed by atoms with van der Waals surface area (Å²) in [6.07, 6.45) is 2.45. The normalized spacial score (nSPS) is 23.2. The van der Waals surface area contributed by atoms with E-state index in [0.717, 1.165) is 0 Å². The van der Waals surface area contributed by atoms with Crippen LogP contribution in [0.3, 0.4) is 0 Å². The van der Waals surface area contributed by atoms with Crippen LogP contribution >= 0.6 is 0 Å². The molecule has 1 aliphatic rings. The van der Waals surface area contributed by atoms with E-state index < -0.39 is 12.0 Å². The summed E-state index contributed by atoms with van der Waals surface area (Å²) in [5.41, 5.74) is 0. The third kappa shape index (κ3) is 6.01. The number of carboxylic acids is 1. The van der Waals surface area contributed by atoms with E-state index in [1.165, 1.54) is 0 Å². The minimum Gasteiger partial charge on any atom is -0.481 e. The maximum absolute atomic E-state index is 11.8. The third-order valence-electron chi connectivity index (χ3n) is 3.58. The van der Waals surface area contributed by atoms with Crippen LogP contribution < -0.4 is 16.0 Å². The first-order valence-electron chi connectivity index (χ1n) is 7.39. The topological polar surface area (TPSA) is 108 Å². The van der Waals surface area contributed by atoms with Crippen LogP contribution in [0, 0.1) is 5.92 Å². The van der Waals surface area contributed by atoms with Crippen molar-refractivity contribution in [2.75, 3.05) is 0 Å². The van der Waals surface area contributed by atoms with Crippen molar-refractivity contribution < 1.29 is 19.5 Å². The van der Waals surface area contributed by atoms with Crippen LogP contribution in [0.2, 0.25) is 0 Å². The highest BCUT2D eigenvalue weighted by Crippen LogP contribution is 2.24. The molecule has 1 saturated carbocycles. The molecule has 7 heteroatoms. The average molecular weight is 299 g/mol. The zero-order valence-electron chi connectivity index (χ0n) is 12.8. The number of amides is 3. The van der Waals surface area contributed by atoms with Crippen molar-refractivity contribution in [2.24, 2.45) is 5.92 Å². The first-order chi connectivity index (χ1) is 9.79. The summed E-state index contributed by atoms with van der Waals surface area (Å²) >= 11 is 0. The lowest BCUT2D eigenvalue weighted by Crippen LogP contribution is -2.52. The van der Waals surface area contributed by atoms with Crippen LogP contribution in [-0.2, 0) is 9.59 Å². The summed E-state index contributed by atoms with van der Waals surface area (Å²) in [6, 6.07) is -1.000. The number of rotatable bonds is 5. The van der Waals surface area contributed by atoms with Gasteiger partial charge < -0.3 is 21.1 Å². The molecule has 4 N–H and O–H groups in total. The van der Waals surface area contributed by atoms with E-state index in [-0.39, 0.29) is 29.9 Å². The fraction of sp³-hybridized carbons (Fsp3) is 0.786. The minimum atomic E-state index is -0.767. The van der Waals surface area contributed by atoms with Gasteiger partial charge in [-0.2, -0.15) is 0 Å². The first kappa shape index (κ1) is 17.3. The summed E-state index contributed by atoms with van der Waals surface area (Å²) in [4.78, 5) is 34.3. The second kappa shape index (κ2) is 7.85. The Morgan fingerprint density at radius 1 is 1.00 bits per heavy atom. The van der Waals surface area contributed by atoms with E-state index in [1.807, 2.05) is 13.8 Å². The molecule has 7 nitrogen and oxygen atoms in total. The monoisotopic (exact) mass is 299 g/mol. The predicted octanol–water partition coefficient (Wildman–Crippen LogP) is 0.842. The first-order valence-corrected chi connectivity index (χ1v) is 7.39. The molecule has 0 spiro atoms. The van der Waals surface area contributed by atoms with Gasteiger partial charge in [0, 0.05) is 12.1 Å². The van der Waals surface area contributed by atoms with Gasteiger partial charge in [-0.05, 0) is 46.5 Å². The van der Waals surface area contributed by atoms with Gasteiger partial charge in [0.2, 0.25) is 5.91 Å². The minimum absolute atomic E-state index is 0.0242. The van der Waals surface area contributed by atoms with E-state index >= 15 is 0 Å². The molecular weight excluding hydrogens is 274 g/mol. The second-order valence-electron chi connectivity index (χ2n) is 5.89. The average Bonchev–Trinajstić information content (AvgIpc) is 2.38. The summed E-state index contributed by atoms with van der Waals surface area (Å²) < 4.78 is 0. The van der Waals surface area contributed by atoms with Crippen molar-refractivity contribution in [3.8, 4) is 0 Å². The Morgan fingerprint density at radius 3 is 2.05 bits per heavy atom. The molecule has 0 aromatic heterocycles. The van der Waals surface area contributed by atoms with Crippen molar-refractivity contribution in [3.63, 3.8) is 0 Å². The number of hydrogen-bond acceptors (Lipinski definition) is 3. The summed E-state index contributed by atoms with van der Waals surface area (Å²) in [7, 11) is 0. The van der Waals surface area contributed by atoms with Crippen LogP contribution in [-0.4, -0.2) is 41.1 Å². The fourth-order valence-corrected chi connectivity index (χ4v) is 2.38. The molecule has 0 aromatic rings. The fourth-order valence-electron chi connectivity index (χ4n) is 2.38. The lowest BCUT2D eigenvalue weighted by atomic mass is 9.86. The summed E-state index contributed by atoms with van der Waals surface area (Å²) in [6.45, 7) is 5.33. The molecule has 120 valence electrons. The molecule has 1 atom stereocenters. The predicted molar refractivity (Wildman–Crippen MR) is 77.8 cm³/mol.